The SMILES string of the molecule is CCN1CCCc2cc(CN(C3CCCC3)S(=O)(=O)c3ccc4[nH]c(=O)ccc4c3)ccc21. The van der Waals surface area contributed by atoms with Crippen LogP contribution in [0.15, 0.2) is 58.2 Å². The first kappa shape index (κ1) is 22.2. The van der Waals surface area contributed by atoms with Crippen LogP contribution < -0.4 is 10.5 Å². The van der Waals surface area contributed by atoms with Crippen molar-refractivity contribution in [1.82, 2.24) is 9.29 Å². The maximum atomic E-state index is 13.9. The molecule has 0 radical (unpaired) electrons. The molecule has 0 unspecified atom stereocenters. The Balaban J connectivity index is 1.50. The first-order chi connectivity index (χ1) is 16.0. The molecule has 6 nitrogen and oxygen atoms in total. The van der Waals surface area contributed by atoms with Crippen LogP contribution in [0.1, 0.15) is 50.2 Å². The van der Waals surface area contributed by atoms with Crippen molar-refractivity contribution in [3.63, 3.8) is 0 Å². The number of pyridine rings is 1. The molecule has 2 aromatic carbocycles. The average molecular weight is 466 g/mol. The van der Waals surface area contributed by atoms with E-state index >= 15 is 0 Å². The van der Waals surface area contributed by atoms with Crippen LogP contribution in [0, 0.1) is 0 Å². The summed E-state index contributed by atoms with van der Waals surface area (Å²) in [7, 11) is -3.69. The van der Waals surface area contributed by atoms with Crippen LogP contribution in [0.3, 0.4) is 0 Å². The molecule has 3 aromatic rings. The van der Waals surface area contributed by atoms with Crippen molar-refractivity contribution in [2.24, 2.45) is 0 Å². The normalized spacial score (nSPS) is 17.1. The Bertz CT molecular complexity index is 1330. The van der Waals surface area contributed by atoms with Gasteiger partial charge in [-0.25, -0.2) is 8.42 Å². The van der Waals surface area contributed by atoms with Gasteiger partial charge in [-0.3, -0.25) is 4.79 Å². The van der Waals surface area contributed by atoms with Crippen LogP contribution in [-0.4, -0.2) is 36.8 Å². The minimum atomic E-state index is -3.69. The molecule has 7 heteroatoms. The van der Waals surface area contributed by atoms with Gasteiger partial charge in [-0.05, 0) is 79.5 Å². The topological polar surface area (TPSA) is 73.5 Å². The number of hydrogen-bond donors (Lipinski definition) is 1. The van der Waals surface area contributed by atoms with Crippen LogP contribution in [-0.2, 0) is 23.0 Å². The molecule has 0 amide bonds. The first-order valence-corrected chi connectivity index (χ1v) is 13.4. The molecule has 33 heavy (non-hydrogen) atoms. The van der Waals surface area contributed by atoms with E-state index in [0.717, 1.165) is 62.6 Å². The zero-order valence-electron chi connectivity index (χ0n) is 19.1. The Morgan fingerprint density at radius 1 is 1.03 bits per heavy atom. The number of aromatic nitrogens is 1. The molecule has 1 aromatic heterocycles. The molecule has 2 aliphatic rings. The van der Waals surface area contributed by atoms with E-state index in [-0.39, 0.29) is 16.5 Å². The van der Waals surface area contributed by atoms with Gasteiger partial charge >= 0.3 is 0 Å². The van der Waals surface area contributed by atoms with Crippen LogP contribution in [0.4, 0.5) is 5.69 Å². The van der Waals surface area contributed by atoms with E-state index in [4.69, 9.17) is 0 Å². The second-order valence-corrected chi connectivity index (χ2v) is 11.1. The number of rotatable bonds is 6. The Morgan fingerprint density at radius 2 is 1.85 bits per heavy atom. The third-order valence-electron chi connectivity index (χ3n) is 7.11. The maximum Gasteiger partial charge on any atom is 0.248 e. The van der Waals surface area contributed by atoms with Gasteiger partial charge in [0.25, 0.3) is 0 Å². The molecular weight excluding hydrogens is 434 g/mol. The van der Waals surface area contributed by atoms with Gasteiger partial charge in [-0.15, -0.1) is 0 Å². The summed E-state index contributed by atoms with van der Waals surface area (Å²) in [6.45, 7) is 4.63. The van der Waals surface area contributed by atoms with E-state index < -0.39 is 10.0 Å². The molecular formula is C26H31N3O3S. The number of fused-ring (bicyclic) bond motifs is 2. The van der Waals surface area contributed by atoms with Gasteiger partial charge in [0.1, 0.15) is 0 Å². The minimum Gasteiger partial charge on any atom is -0.372 e. The van der Waals surface area contributed by atoms with Gasteiger partial charge in [0.05, 0.1) is 4.90 Å². The Morgan fingerprint density at radius 3 is 2.64 bits per heavy atom. The van der Waals surface area contributed by atoms with E-state index in [0.29, 0.717) is 12.1 Å². The summed E-state index contributed by atoms with van der Waals surface area (Å²) in [5.74, 6) is 0. The zero-order valence-corrected chi connectivity index (χ0v) is 19.9. The number of nitrogens with one attached hydrogen (secondary N) is 1. The summed E-state index contributed by atoms with van der Waals surface area (Å²) in [6, 6.07) is 14.6. The van der Waals surface area contributed by atoms with Gasteiger partial charge in [0.2, 0.25) is 15.6 Å². The predicted octanol–water partition coefficient (Wildman–Crippen LogP) is 4.43. The lowest BCUT2D eigenvalue weighted by atomic mass is 9.99. The molecule has 0 bridgehead atoms. The predicted molar refractivity (Wildman–Crippen MR) is 132 cm³/mol. The fraction of sp³-hybridized carbons (Fsp3) is 0.423. The van der Waals surface area contributed by atoms with E-state index in [2.05, 4.69) is 35.0 Å². The number of sulfonamides is 1. The van der Waals surface area contributed by atoms with Crippen LogP contribution in [0.2, 0.25) is 0 Å². The Kier molecular flexibility index (Phi) is 6.01. The third kappa shape index (κ3) is 4.32. The van der Waals surface area contributed by atoms with Crippen molar-refractivity contribution in [3.8, 4) is 0 Å². The molecule has 1 aliphatic heterocycles. The van der Waals surface area contributed by atoms with Gasteiger partial charge in [0.15, 0.2) is 0 Å². The highest BCUT2D eigenvalue weighted by molar-refractivity contribution is 7.89. The number of aromatic amines is 1. The summed E-state index contributed by atoms with van der Waals surface area (Å²) < 4.78 is 29.5. The molecule has 1 N–H and O–H groups in total. The number of anilines is 1. The van der Waals surface area contributed by atoms with E-state index in [1.165, 1.54) is 17.3 Å². The van der Waals surface area contributed by atoms with Gasteiger partial charge in [-0.2, -0.15) is 4.31 Å². The maximum absolute atomic E-state index is 13.9. The molecule has 0 spiro atoms. The van der Waals surface area contributed by atoms with Crippen LogP contribution >= 0.6 is 0 Å². The van der Waals surface area contributed by atoms with Crippen molar-refractivity contribution in [2.45, 2.75) is 62.9 Å². The molecule has 1 aliphatic carbocycles. The molecule has 0 atom stereocenters. The molecule has 5 rings (SSSR count). The molecule has 2 heterocycles. The van der Waals surface area contributed by atoms with E-state index in [9.17, 15) is 13.2 Å². The lowest BCUT2D eigenvalue weighted by molar-refractivity contribution is 0.316. The number of aryl methyl sites for hydroxylation is 1. The second kappa shape index (κ2) is 8.95. The molecule has 0 saturated heterocycles. The van der Waals surface area contributed by atoms with Gasteiger partial charge in [0, 0.05) is 42.9 Å². The van der Waals surface area contributed by atoms with Gasteiger partial charge < -0.3 is 9.88 Å². The smallest absolute Gasteiger partial charge is 0.248 e. The Labute approximate surface area is 195 Å². The number of hydrogen-bond acceptors (Lipinski definition) is 4. The monoisotopic (exact) mass is 465 g/mol. The quantitative estimate of drug-likeness (QED) is 0.584. The van der Waals surface area contributed by atoms with E-state index in [1.54, 1.807) is 28.6 Å². The fourth-order valence-corrected chi connectivity index (χ4v) is 7.08. The van der Waals surface area contributed by atoms with Crippen molar-refractivity contribution in [2.75, 3.05) is 18.0 Å². The molecule has 1 saturated carbocycles. The highest BCUT2D eigenvalue weighted by Gasteiger charge is 2.33. The zero-order chi connectivity index (χ0) is 23.0. The van der Waals surface area contributed by atoms with Crippen molar-refractivity contribution >= 4 is 26.6 Å². The van der Waals surface area contributed by atoms with Crippen molar-refractivity contribution < 1.29 is 8.42 Å². The summed E-state index contributed by atoms with van der Waals surface area (Å²) in [5.41, 5.74) is 4.10. The first-order valence-electron chi connectivity index (χ1n) is 12.0. The summed E-state index contributed by atoms with van der Waals surface area (Å²) in [4.78, 5) is 17.0. The highest BCUT2D eigenvalue weighted by atomic mass is 32.2. The van der Waals surface area contributed by atoms with Crippen LogP contribution in [0.5, 0.6) is 0 Å². The highest BCUT2D eigenvalue weighted by Crippen LogP contribution is 2.33. The number of benzene rings is 2. The number of H-pyrrole nitrogens is 1. The minimum absolute atomic E-state index is 0.0180. The lowest BCUT2D eigenvalue weighted by Gasteiger charge is -2.32. The Hall–Kier alpha value is -2.64. The molecule has 1 fully saturated rings. The van der Waals surface area contributed by atoms with Crippen molar-refractivity contribution in [3.05, 3.63) is 70.0 Å². The fourth-order valence-electron chi connectivity index (χ4n) is 5.37. The summed E-state index contributed by atoms with van der Waals surface area (Å²) >= 11 is 0. The third-order valence-corrected chi connectivity index (χ3v) is 9.01. The van der Waals surface area contributed by atoms with Crippen molar-refractivity contribution in [1.29, 1.82) is 0 Å². The van der Waals surface area contributed by atoms with E-state index in [1.807, 2.05) is 0 Å². The lowest BCUT2D eigenvalue weighted by Crippen LogP contribution is -2.38. The molecule has 174 valence electrons. The summed E-state index contributed by atoms with van der Waals surface area (Å²) in [6.07, 6.45) is 6.09. The number of nitrogens with zero attached hydrogens (tertiary/aromatic N) is 2. The largest absolute Gasteiger partial charge is 0.372 e. The van der Waals surface area contributed by atoms with Gasteiger partial charge in [-0.1, -0.05) is 25.0 Å². The second-order valence-electron chi connectivity index (χ2n) is 9.21. The average Bonchev–Trinajstić information content (AvgIpc) is 3.36. The van der Waals surface area contributed by atoms with Crippen LogP contribution in [0.25, 0.3) is 10.9 Å². The summed E-state index contributed by atoms with van der Waals surface area (Å²) in [5, 5.41) is 0.718. The standard InChI is InChI=1S/C26H31N3O3S/c1-2-28-15-5-6-21-16-19(9-13-25(21)28)18-29(22-7-3-4-8-22)33(31,32)23-11-12-24-20(17-23)10-14-26(30)27-24/h9-14,16-17,22H,2-8,15,18H2,1H3,(H,27,30).